The van der Waals surface area contributed by atoms with Crippen LogP contribution in [0.4, 0.5) is 17.1 Å². The average molecular weight is 732 g/mol. The molecule has 3 heteroatoms. The van der Waals surface area contributed by atoms with Gasteiger partial charge in [-0.1, -0.05) is 140 Å². The molecule has 2 heterocycles. The van der Waals surface area contributed by atoms with Gasteiger partial charge in [-0.2, -0.15) is 0 Å². The summed E-state index contributed by atoms with van der Waals surface area (Å²) in [5.74, 6) is 1.20. The van der Waals surface area contributed by atoms with E-state index >= 15 is 0 Å². The van der Waals surface area contributed by atoms with Gasteiger partial charge in [0.2, 0.25) is 0 Å². The van der Waals surface area contributed by atoms with Crippen molar-refractivity contribution in [2.75, 3.05) is 4.90 Å². The number of furan rings is 1. The second-order valence-electron chi connectivity index (χ2n) is 14.9. The summed E-state index contributed by atoms with van der Waals surface area (Å²) >= 11 is 0. The molecule has 2 unspecified atom stereocenters. The van der Waals surface area contributed by atoms with Crippen LogP contribution in [0.2, 0.25) is 0 Å². The van der Waals surface area contributed by atoms with Gasteiger partial charge in [0.1, 0.15) is 23.0 Å². The van der Waals surface area contributed by atoms with Crippen LogP contribution in [0, 0.1) is 0 Å². The Morgan fingerprint density at radius 2 is 0.947 bits per heavy atom. The lowest BCUT2D eigenvalue weighted by Gasteiger charge is -2.26. The lowest BCUT2D eigenvalue weighted by atomic mass is 9.87. The van der Waals surface area contributed by atoms with E-state index in [2.05, 4.69) is 199 Å². The van der Waals surface area contributed by atoms with Gasteiger partial charge in [-0.15, -0.1) is 0 Å². The summed E-state index contributed by atoms with van der Waals surface area (Å²) in [5, 5.41) is 2.27. The van der Waals surface area contributed by atoms with Crippen molar-refractivity contribution in [3.8, 4) is 39.1 Å². The first-order valence-corrected chi connectivity index (χ1v) is 19.6. The molecule has 11 rings (SSSR count). The molecule has 3 nitrogen and oxygen atoms in total. The summed E-state index contributed by atoms with van der Waals surface area (Å²) in [7, 11) is 0. The van der Waals surface area contributed by atoms with Crippen LogP contribution in [0.15, 0.2) is 217 Å². The number of anilines is 3. The first kappa shape index (κ1) is 33.0. The monoisotopic (exact) mass is 731 g/mol. The van der Waals surface area contributed by atoms with Crippen molar-refractivity contribution < 1.29 is 9.15 Å². The number of benzene rings is 8. The van der Waals surface area contributed by atoms with E-state index in [0.717, 1.165) is 55.9 Å². The van der Waals surface area contributed by atoms with Gasteiger partial charge in [0.15, 0.2) is 0 Å². The highest BCUT2D eigenvalue weighted by atomic mass is 16.5. The van der Waals surface area contributed by atoms with Gasteiger partial charge in [0.25, 0.3) is 0 Å². The fraction of sp³-hybridized carbons (Fsp3) is 0.0370. The SMILES string of the molecule is C1=CC2Oc3ccccc3C2C=C1c1ccc(N(c2ccc(-c3cccc(-c4ccccc4)c3)cc2)c2ccc(-c3ccc4oc5ccccc5c4c3)cc2)cc1. The quantitative estimate of drug-likeness (QED) is 0.163. The van der Waals surface area contributed by atoms with E-state index in [-0.39, 0.29) is 12.0 Å². The molecule has 0 spiro atoms. The molecule has 0 radical (unpaired) electrons. The summed E-state index contributed by atoms with van der Waals surface area (Å²) < 4.78 is 12.3. The lowest BCUT2D eigenvalue weighted by molar-refractivity contribution is 0.269. The molecule has 8 aromatic carbocycles. The molecular weight excluding hydrogens is 695 g/mol. The van der Waals surface area contributed by atoms with E-state index in [1.165, 1.54) is 39.0 Å². The van der Waals surface area contributed by atoms with Gasteiger partial charge in [0, 0.05) is 39.3 Å². The van der Waals surface area contributed by atoms with Gasteiger partial charge in [-0.25, -0.2) is 0 Å². The van der Waals surface area contributed by atoms with Crippen LogP contribution >= 0.6 is 0 Å². The largest absolute Gasteiger partial charge is 0.485 e. The summed E-state index contributed by atoms with van der Waals surface area (Å²) in [6.45, 7) is 0. The molecule has 2 atom stereocenters. The fourth-order valence-electron chi connectivity index (χ4n) is 8.51. The van der Waals surface area contributed by atoms with Crippen molar-refractivity contribution in [2.24, 2.45) is 0 Å². The number of ether oxygens (including phenoxy) is 1. The topological polar surface area (TPSA) is 25.6 Å². The highest BCUT2D eigenvalue weighted by Crippen LogP contribution is 2.44. The summed E-state index contributed by atoms with van der Waals surface area (Å²) in [4.78, 5) is 2.34. The number of fused-ring (bicyclic) bond motifs is 6. The maximum atomic E-state index is 6.23. The Labute approximate surface area is 332 Å². The molecule has 2 aliphatic rings. The molecule has 57 heavy (non-hydrogen) atoms. The maximum absolute atomic E-state index is 6.23. The van der Waals surface area contributed by atoms with Crippen LogP contribution < -0.4 is 9.64 Å². The van der Waals surface area contributed by atoms with Gasteiger partial charge in [-0.05, 0) is 117 Å². The highest BCUT2D eigenvalue weighted by Gasteiger charge is 2.33. The van der Waals surface area contributed by atoms with Crippen molar-refractivity contribution in [3.63, 3.8) is 0 Å². The molecule has 1 aromatic heterocycles. The average Bonchev–Trinajstić information content (AvgIpc) is 3.85. The van der Waals surface area contributed by atoms with Crippen molar-refractivity contribution in [3.05, 3.63) is 223 Å². The fourth-order valence-corrected chi connectivity index (χ4v) is 8.51. The molecule has 270 valence electrons. The zero-order valence-electron chi connectivity index (χ0n) is 31.1. The van der Waals surface area contributed by atoms with E-state index in [1.807, 2.05) is 18.2 Å². The molecular formula is C54H37NO2. The summed E-state index contributed by atoms with van der Waals surface area (Å²) in [5.41, 5.74) is 15.8. The Hall–Kier alpha value is -7.36. The number of allylic oxidation sites excluding steroid dienone is 2. The van der Waals surface area contributed by atoms with Crippen LogP contribution in [0.5, 0.6) is 5.75 Å². The second-order valence-corrected chi connectivity index (χ2v) is 14.9. The normalized spacial score (nSPS) is 15.5. The third-order valence-corrected chi connectivity index (χ3v) is 11.4. The zero-order valence-corrected chi connectivity index (χ0v) is 31.1. The first-order chi connectivity index (χ1) is 28.2. The van der Waals surface area contributed by atoms with E-state index in [1.54, 1.807) is 0 Å². The molecule has 1 aliphatic heterocycles. The maximum Gasteiger partial charge on any atom is 0.135 e. The van der Waals surface area contributed by atoms with Crippen molar-refractivity contribution in [1.82, 2.24) is 0 Å². The Morgan fingerprint density at radius 1 is 0.404 bits per heavy atom. The molecule has 0 fully saturated rings. The predicted molar refractivity (Wildman–Crippen MR) is 235 cm³/mol. The number of hydrogen-bond donors (Lipinski definition) is 0. The van der Waals surface area contributed by atoms with Crippen LogP contribution in [0.25, 0.3) is 60.9 Å². The van der Waals surface area contributed by atoms with E-state index in [4.69, 9.17) is 9.15 Å². The second kappa shape index (κ2) is 13.7. The van der Waals surface area contributed by atoms with Gasteiger partial charge >= 0.3 is 0 Å². The molecule has 9 aromatic rings. The molecule has 0 saturated carbocycles. The predicted octanol–water partition coefficient (Wildman–Crippen LogP) is 14.6. The zero-order chi connectivity index (χ0) is 37.7. The number of hydrogen-bond acceptors (Lipinski definition) is 3. The van der Waals surface area contributed by atoms with Crippen LogP contribution in [-0.2, 0) is 0 Å². The van der Waals surface area contributed by atoms with Crippen LogP contribution in [-0.4, -0.2) is 6.10 Å². The van der Waals surface area contributed by atoms with E-state index in [0.29, 0.717) is 0 Å². The molecule has 0 N–H and O–H groups in total. The molecule has 1 aliphatic carbocycles. The summed E-state index contributed by atoms with van der Waals surface area (Å²) in [6.07, 6.45) is 6.81. The lowest BCUT2D eigenvalue weighted by Crippen LogP contribution is -2.17. The Balaban J connectivity index is 0.943. The summed E-state index contributed by atoms with van der Waals surface area (Å²) in [6, 6.07) is 69.2. The smallest absolute Gasteiger partial charge is 0.135 e. The first-order valence-electron chi connectivity index (χ1n) is 19.6. The third-order valence-electron chi connectivity index (χ3n) is 11.4. The number of nitrogens with zero attached hydrogens (tertiary/aromatic N) is 1. The van der Waals surface area contributed by atoms with E-state index in [9.17, 15) is 0 Å². The Kier molecular flexibility index (Phi) is 7.96. The van der Waals surface area contributed by atoms with Gasteiger partial charge in [-0.3, -0.25) is 0 Å². The van der Waals surface area contributed by atoms with Gasteiger partial charge in [0.05, 0.1) is 0 Å². The Morgan fingerprint density at radius 3 is 1.67 bits per heavy atom. The highest BCUT2D eigenvalue weighted by molar-refractivity contribution is 6.06. The number of para-hydroxylation sites is 2. The minimum atomic E-state index is 0.0496. The molecule has 0 bridgehead atoms. The minimum absolute atomic E-state index is 0.0496. The van der Waals surface area contributed by atoms with Crippen LogP contribution in [0.1, 0.15) is 17.0 Å². The molecule has 0 saturated heterocycles. The van der Waals surface area contributed by atoms with E-state index < -0.39 is 0 Å². The Bertz CT molecular complexity index is 2970. The minimum Gasteiger partial charge on any atom is -0.485 e. The van der Waals surface area contributed by atoms with Crippen molar-refractivity contribution >= 4 is 44.6 Å². The standard InChI is InChI=1S/C54H37NO2/c1-2-9-36(10-3-1)40-11-8-12-41(33-40)37-17-25-44(26-18-37)55(45-27-19-38(20-28-45)42-23-31-53-49(34-42)47-13-4-6-15-51(47)56-53)46-29-21-39(22-30-46)43-24-32-54-50(35-43)48-14-5-7-16-52(48)57-54/h1-35,49,53H. The van der Waals surface area contributed by atoms with Gasteiger partial charge < -0.3 is 14.1 Å². The third kappa shape index (κ3) is 6.01. The van der Waals surface area contributed by atoms with Crippen molar-refractivity contribution in [1.29, 1.82) is 0 Å². The molecule has 0 amide bonds. The number of rotatable bonds is 7. The van der Waals surface area contributed by atoms with Crippen molar-refractivity contribution in [2.45, 2.75) is 12.0 Å². The van der Waals surface area contributed by atoms with Crippen LogP contribution in [0.3, 0.4) is 0 Å².